The van der Waals surface area contributed by atoms with Crippen molar-refractivity contribution >= 4 is 17.6 Å². The first-order valence-corrected chi connectivity index (χ1v) is 10.9. The van der Waals surface area contributed by atoms with Gasteiger partial charge in [0.1, 0.15) is 5.82 Å². The molecule has 0 amide bonds. The highest BCUT2D eigenvalue weighted by Crippen LogP contribution is 2.38. The zero-order valence-corrected chi connectivity index (χ0v) is 17.3. The van der Waals surface area contributed by atoms with Crippen LogP contribution in [0, 0.1) is 18.3 Å². The maximum atomic E-state index is 8.95. The fourth-order valence-electron chi connectivity index (χ4n) is 5.13. The van der Waals surface area contributed by atoms with Gasteiger partial charge in [-0.15, -0.1) is 0 Å². The third kappa shape index (κ3) is 3.79. The van der Waals surface area contributed by atoms with Gasteiger partial charge in [0.25, 0.3) is 0 Å². The molecule has 3 aliphatic heterocycles. The monoisotopic (exact) mass is 408 g/mol. The normalized spacial score (nSPS) is 25.3. The molecule has 3 N–H and O–H groups in total. The fourth-order valence-corrected chi connectivity index (χ4v) is 5.13. The van der Waals surface area contributed by atoms with Gasteiger partial charge in [-0.3, -0.25) is 10.00 Å². The Hall–Kier alpha value is -2.86. The molecule has 0 aromatic carbocycles. The second-order valence-corrected chi connectivity index (χ2v) is 8.54. The van der Waals surface area contributed by atoms with Gasteiger partial charge in [0.2, 0.25) is 11.8 Å². The van der Waals surface area contributed by atoms with Gasteiger partial charge >= 0.3 is 0 Å². The first kappa shape index (κ1) is 19.1. The molecule has 5 heterocycles. The highest BCUT2D eigenvalue weighted by Gasteiger charge is 2.40. The van der Waals surface area contributed by atoms with E-state index in [1.54, 1.807) is 0 Å². The predicted octanol–water partition coefficient (Wildman–Crippen LogP) is 2.90. The van der Waals surface area contributed by atoms with Crippen LogP contribution in [0.2, 0.25) is 0 Å². The first-order valence-electron chi connectivity index (χ1n) is 10.9. The summed E-state index contributed by atoms with van der Waals surface area (Å²) in [6.07, 6.45) is 7.14. The highest BCUT2D eigenvalue weighted by atomic mass is 16.5. The minimum atomic E-state index is 0.377. The first-order chi connectivity index (χ1) is 14.7. The molecular formula is C21H28N8O. The largest absolute Gasteiger partial charge is 0.477 e. The molecule has 2 saturated heterocycles. The zero-order chi connectivity index (χ0) is 20.5. The van der Waals surface area contributed by atoms with Gasteiger partial charge in [0.15, 0.2) is 5.82 Å². The number of piperidine rings is 1. The van der Waals surface area contributed by atoms with Crippen molar-refractivity contribution in [3.63, 3.8) is 0 Å². The van der Waals surface area contributed by atoms with Gasteiger partial charge in [-0.05, 0) is 45.4 Å². The minimum absolute atomic E-state index is 0.377. The number of nitrogens with one attached hydrogen (secondary N) is 3. The quantitative estimate of drug-likeness (QED) is 0.668. The van der Waals surface area contributed by atoms with Crippen LogP contribution in [0.25, 0.3) is 0 Å². The number of aromatic nitrogens is 4. The number of anilines is 3. The molecule has 3 atom stereocenters. The Morgan fingerprint density at radius 1 is 1.30 bits per heavy atom. The van der Waals surface area contributed by atoms with Crippen molar-refractivity contribution in [3.05, 3.63) is 17.3 Å². The smallest absolute Gasteiger partial charge is 0.233 e. The molecule has 30 heavy (non-hydrogen) atoms. The zero-order valence-electron chi connectivity index (χ0n) is 17.3. The van der Waals surface area contributed by atoms with Crippen LogP contribution in [0.4, 0.5) is 17.6 Å². The minimum Gasteiger partial charge on any atom is -0.477 e. The lowest BCUT2D eigenvalue weighted by molar-refractivity contribution is 0.135. The molecule has 0 radical (unpaired) electrons. The number of rotatable bonds is 6. The number of hydrogen-bond donors (Lipinski definition) is 3. The number of hydrogen-bond acceptors (Lipinski definition) is 8. The van der Waals surface area contributed by atoms with Gasteiger partial charge in [-0.2, -0.15) is 20.3 Å². The van der Waals surface area contributed by atoms with E-state index < -0.39 is 0 Å². The van der Waals surface area contributed by atoms with Crippen LogP contribution in [-0.2, 0) is 6.42 Å². The number of fused-ring (bicyclic) bond motifs is 3. The predicted molar refractivity (Wildman–Crippen MR) is 113 cm³/mol. The number of nitriles is 1. The Labute approximate surface area is 176 Å². The molecule has 0 aliphatic carbocycles. The van der Waals surface area contributed by atoms with Gasteiger partial charge in [-0.1, -0.05) is 0 Å². The molecule has 9 heteroatoms. The summed E-state index contributed by atoms with van der Waals surface area (Å²) in [7, 11) is 0. The molecule has 9 nitrogen and oxygen atoms in total. The Morgan fingerprint density at radius 3 is 2.87 bits per heavy atom. The Balaban J connectivity index is 1.35. The average molecular weight is 409 g/mol. The van der Waals surface area contributed by atoms with Crippen molar-refractivity contribution in [2.75, 3.05) is 23.8 Å². The van der Waals surface area contributed by atoms with Gasteiger partial charge in [-0.25, -0.2) is 0 Å². The third-order valence-corrected chi connectivity index (χ3v) is 6.43. The molecule has 0 spiro atoms. The van der Waals surface area contributed by atoms with Crippen molar-refractivity contribution in [1.82, 2.24) is 25.1 Å². The van der Waals surface area contributed by atoms with E-state index >= 15 is 0 Å². The molecule has 2 aromatic rings. The van der Waals surface area contributed by atoms with Crippen LogP contribution in [-0.4, -0.2) is 56.3 Å². The standard InChI is InChI=1S/C21H28N8O/c1-13-10-18(28-27-13)24-21-25-19(17-4-2-9-30-20(17)26-21)23-14-11-15-5-6-16(12-14)29(15)8-3-7-22/h10,14-16H,2-6,8-9,11-12H2,1H3,(H3,23,24,25,26,27,28)/t14-,15-,16?/m0/s1. The van der Waals surface area contributed by atoms with Crippen LogP contribution in [0.15, 0.2) is 6.07 Å². The van der Waals surface area contributed by atoms with Crippen molar-refractivity contribution in [3.8, 4) is 11.9 Å². The van der Waals surface area contributed by atoms with E-state index in [4.69, 9.17) is 15.0 Å². The molecule has 2 aromatic heterocycles. The molecule has 2 bridgehead atoms. The van der Waals surface area contributed by atoms with Crippen LogP contribution >= 0.6 is 0 Å². The van der Waals surface area contributed by atoms with E-state index in [1.807, 2.05) is 13.0 Å². The molecule has 158 valence electrons. The number of H-pyrrole nitrogens is 1. The summed E-state index contributed by atoms with van der Waals surface area (Å²) < 4.78 is 5.85. The Kier molecular flexibility index (Phi) is 5.17. The van der Waals surface area contributed by atoms with Gasteiger partial charge < -0.3 is 15.4 Å². The van der Waals surface area contributed by atoms with E-state index in [2.05, 4.69) is 36.8 Å². The molecule has 2 fully saturated rings. The highest BCUT2D eigenvalue weighted by molar-refractivity contribution is 5.58. The number of aromatic amines is 1. The lowest BCUT2D eigenvalue weighted by Crippen LogP contribution is -2.47. The Morgan fingerprint density at radius 2 is 2.13 bits per heavy atom. The van der Waals surface area contributed by atoms with Gasteiger partial charge in [0, 0.05) is 42.9 Å². The number of ether oxygens (including phenoxy) is 1. The summed E-state index contributed by atoms with van der Waals surface area (Å²) in [5, 5.41) is 23.0. The molecule has 1 unspecified atom stereocenters. The Bertz CT molecular complexity index is 937. The van der Waals surface area contributed by atoms with Crippen LogP contribution < -0.4 is 15.4 Å². The second kappa shape index (κ2) is 8.11. The summed E-state index contributed by atoms with van der Waals surface area (Å²) in [5.41, 5.74) is 2.05. The summed E-state index contributed by atoms with van der Waals surface area (Å²) >= 11 is 0. The van der Waals surface area contributed by atoms with Crippen molar-refractivity contribution in [1.29, 1.82) is 5.26 Å². The fraction of sp³-hybridized carbons (Fsp3) is 0.619. The van der Waals surface area contributed by atoms with Crippen molar-refractivity contribution in [2.24, 2.45) is 0 Å². The number of nitrogens with zero attached hydrogens (tertiary/aromatic N) is 5. The van der Waals surface area contributed by atoms with Crippen LogP contribution in [0.1, 0.15) is 49.8 Å². The lowest BCUT2D eigenvalue weighted by atomic mass is 9.96. The lowest BCUT2D eigenvalue weighted by Gasteiger charge is -2.39. The van der Waals surface area contributed by atoms with Gasteiger partial charge in [0.05, 0.1) is 18.2 Å². The van der Waals surface area contributed by atoms with E-state index in [1.165, 1.54) is 12.8 Å². The van der Waals surface area contributed by atoms with E-state index in [0.29, 0.717) is 48.8 Å². The van der Waals surface area contributed by atoms with Crippen molar-refractivity contribution in [2.45, 2.75) is 70.0 Å². The SMILES string of the molecule is Cc1cc(Nc2nc(N[C@@H]3CC4CC[C@@H](C3)N4CCC#N)c3c(n2)OCCC3)n[nH]1. The van der Waals surface area contributed by atoms with Crippen LogP contribution in [0.3, 0.4) is 0 Å². The third-order valence-electron chi connectivity index (χ3n) is 6.43. The number of aryl methyl sites for hydroxylation is 1. The summed E-state index contributed by atoms with van der Waals surface area (Å²) in [4.78, 5) is 11.9. The maximum absolute atomic E-state index is 8.95. The molecular weight excluding hydrogens is 380 g/mol. The van der Waals surface area contributed by atoms with Crippen molar-refractivity contribution < 1.29 is 4.74 Å². The van der Waals surface area contributed by atoms with E-state index in [9.17, 15) is 0 Å². The van der Waals surface area contributed by atoms with E-state index in [-0.39, 0.29) is 0 Å². The summed E-state index contributed by atoms with van der Waals surface area (Å²) in [5.74, 6) is 2.74. The summed E-state index contributed by atoms with van der Waals surface area (Å²) in [6.45, 7) is 3.54. The maximum Gasteiger partial charge on any atom is 0.233 e. The molecule has 0 saturated carbocycles. The second-order valence-electron chi connectivity index (χ2n) is 8.54. The summed E-state index contributed by atoms with van der Waals surface area (Å²) in [6, 6.07) is 5.72. The topological polar surface area (TPSA) is 115 Å². The van der Waals surface area contributed by atoms with Crippen LogP contribution in [0.5, 0.6) is 5.88 Å². The molecule has 3 aliphatic rings. The van der Waals surface area contributed by atoms with E-state index in [0.717, 1.165) is 49.3 Å². The average Bonchev–Trinajstić information content (AvgIpc) is 3.25. The molecule has 5 rings (SSSR count).